The number of ether oxygens (including phenoxy) is 1. The quantitative estimate of drug-likeness (QED) is 0.457. The number of hydrogen-bond donors (Lipinski definition) is 1. The highest BCUT2D eigenvalue weighted by atomic mass is 32.3. The number of aromatic nitrogens is 3. The van der Waals surface area contributed by atoms with Crippen LogP contribution in [-0.4, -0.2) is 37.4 Å². The van der Waals surface area contributed by atoms with E-state index in [0.29, 0.717) is 0 Å². The molecule has 0 unspecified atom stereocenters. The highest BCUT2D eigenvalue weighted by Gasteiger charge is 2.27. The molecular weight excluding hydrogens is 355 g/mol. The number of fused-ring (bicyclic) bond motifs is 1. The van der Waals surface area contributed by atoms with Crippen molar-refractivity contribution in [3.63, 3.8) is 0 Å². The fourth-order valence-electron chi connectivity index (χ4n) is 1.76. The summed E-state index contributed by atoms with van der Waals surface area (Å²) in [4.78, 5) is 25.3. The van der Waals surface area contributed by atoms with Crippen molar-refractivity contribution in [1.82, 2.24) is 19.9 Å². The Labute approximate surface area is 135 Å². The number of rotatable bonds is 7. The highest BCUT2D eigenvalue weighted by molar-refractivity contribution is 8.21. The second-order valence-corrected chi connectivity index (χ2v) is 5.84. The van der Waals surface area contributed by atoms with Crippen LogP contribution >= 0.6 is 11.2 Å². The lowest BCUT2D eigenvalue weighted by Crippen LogP contribution is -2.40. The Morgan fingerprint density at radius 1 is 1.50 bits per heavy atom. The summed E-state index contributed by atoms with van der Waals surface area (Å²) in [6.45, 7) is 1.59. The van der Waals surface area contributed by atoms with Gasteiger partial charge < -0.3 is 20.2 Å². The van der Waals surface area contributed by atoms with Crippen LogP contribution in [-0.2, 0) is 4.79 Å². The monoisotopic (exact) mass is 367 g/mol. The van der Waals surface area contributed by atoms with Crippen molar-refractivity contribution in [2.75, 3.05) is 5.75 Å². The van der Waals surface area contributed by atoms with Gasteiger partial charge in [0.15, 0.2) is 6.23 Å². The van der Waals surface area contributed by atoms with Crippen LogP contribution in [0.1, 0.15) is 13.3 Å². The average Bonchev–Trinajstić information content (AvgIpc) is 2.87. The fraction of sp³-hybridized carbons (Fsp3) is 0.364. The number of amides is 1. The van der Waals surface area contributed by atoms with Gasteiger partial charge in [0.25, 0.3) is 5.88 Å². The highest BCUT2D eigenvalue weighted by Crippen LogP contribution is 2.52. The van der Waals surface area contributed by atoms with Gasteiger partial charge in [0.2, 0.25) is 22.7 Å². The molecule has 132 valence electrons. The predicted molar refractivity (Wildman–Crippen MR) is 78.3 cm³/mol. The van der Waals surface area contributed by atoms with Gasteiger partial charge in [-0.1, -0.05) is 11.4 Å². The summed E-state index contributed by atoms with van der Waals surface area (Å²) >= 11 is -5.46. The summed E-state index contributed by atoms with van der Waals surface area (Å²) in [7, 11) is 0. The van der Waals surface area contributed by atoms with Crippen molar-refractivity contribution in [1.29, 1.82) is 0 Å². The first-order valence-electron chi connectivity index (χ1n) is 6.54. The van der Waals surface area contributed by atoms with Crippen LogP contribution in [0.5, 0.6) is 5.88 Å². The van der Waals surface area contributed by atoms with Gasteiger partial charge in [-0.25, -0.2) is 4.98 Å². The van der Waals surface area contributed by atoms with E-state index in [1.807, 2.05) is 0 Å². The van der Waals surface area contributed by atoms with Crippen molar-refractivity contribution in [2.45, 2.75) is 19.6 Å². The van der Waals surface area contributed by atoms with Gasteiger partial charge in [-0.05, 0) is 10.0 Å². The van der Waals surface area contributed by atoms with E-state index in [2.05, 4.69) is 15.4 Å². The second kappa shape index (κ2) is 6.90. The minimum Gasteiger partial charge on any atom is -0.451 e. The maximum atomic E-state index is 12.2. The minimum atomic E-state index is -5.46. The van der Waals surface area contributed by atoms with Crippen LogP contribution in [0, 0.1) is 10.1 Å². The zero-order valence-corrected chi connectivity index (χ0v) is 13.0. The molecule has 9 nitrogen and oxygen atoms in total. The standard InChI is InChI=1S/C11H12F3N5O4S/c1-2-9(16-8(20)6-24(12,13)14)23-10-4-3-7-15-5-11(19(21)22)18(7)17-10/h3-5,9H,2,6H2,1H3,(H,16,20)/t9-/m1/s1. The molecule has 0 aliphatic carbocycles. The van der Waals surface area contributed by atoms with Crippen LogP contribution in [0.2, 0.25) is 0 Å². The molecule has 0 saturated heterocycles. The van der Waals surface area contributed by atoms with Gasteiger partial charge in [0.05, 0.1) is 0 Å². The maximum Gasteiger partial charge on any atom is 0.368 e. The lowest BCUT2D eigenvalue weighted by molar-refractivity contribution is -0.391. The molecule has 0 bridgehead atoms. The second-order valence-electron chi connectivity index (χ2n) is 4.54. The normalized spacial score (nSPS) is 13.5. The molecule has 2 aromatic rings. The molecule has 0 saturated carbocycles. The summed E-state index contributed by atoms with van der Waals surface area (Å²) < 4.78 is 42.9. The Bertz CT molecular complexity index is 766. The number of nitrogens with zero attached hydrogens (tertiary/aromatic N) is 4. The van der Waals surface area contributed by atoms with E-state index in [1.165, 1.54) is 12.1 Å². The van der Waals surface area contributed by atoms with E-state index < -0.39 is 39.8 Å². The molecule has 2 heterocycles. The van der Waals surface area contributed by atoms with E-state index in [1.54, 1.807) is 6.92 Å². The zero-order valence-electron chi connectivity index (χ0n) is 12.2. The Balaban J connectivity index is 2.13. The molecule has 0 aliphatic heterocycles. The van der Waals surface area contributed by atoms with Crippen LogP contribution in [0.4, 0.5) is 17.5 Å². The number of carbonyl (C=O) groups is 1. The fourth-order valence-corrected chi connectivity index (χ4v) is 2.14. The van der Waals surface area contributed by atoms with Crippen LogP contribution in [0.25, 0.3) is 5.65 Å². The summed E-state index contributed by atoms with van der Waals surface area (Å²) in [5, 5.41) is 16.8. The third kappa shape index (κ3) is 4.47. The van der Waals surface area contributed by atoms with Crippen molar-refractivity contribution in [3.05, 3.63) is 28.4 Å². The van der Waals surface area contributed by atoms with Crippen molar-refractivity contribution >= 4 is 28.6 Å². The van der Waals surface area contributed by atoms with E-state index in [-0.39, 0.29) is 17.9 Å². The molecule has 0 spiro atoms. The third-order valence-corrected chi connectivity index (χ3v) is 3.35. The van der Waals surface area contributed by atoms with E-state index >= 15 is 0 Å². The average molecular weight is 367 g/mol. The van der Waals surface area contributed by atoms with Gasteiger partial charge in [-0.3, -0.25) is 4.79 Å². The molecule has 2 aromatic heterocycles. The minimum absolute atomic E-state index is 0.102. The first kappa shape index (κ1) is 17.8. The van der Waals surface area contributed by atoms with Gasteiger partial charge in [-0.2, -0.15) is 0 Å². The Kier molecular flexibility index (Phi) is 5.11. The number of hydrogen-bond acceptors (Lipinski definition) is 6. The number of halogens is 3. The van der Waals surface area contributed by atoms with Gasteiger partial charge in [0.1, 0.15) is 11.9 Å². The van der Waals surface area contributed by atoms with Gasteiger partial charge in [-0.15, -0.1) is 11.7 Å². The smallest absolute Gasteiger partial charge is 0.368 e. The van der Waals surface area contributed by atoms with Crippen molar-refractivity contribution in [2.24, 2.45) is 0 Å². The third-order valence-electron chi connectivity index (χ3n) is 2.76. The molecule has 2 rings (SSSR count). The largest absolute Gasteiger partial charge is 0.451 e. The number of carbonyl (C=O) groups excluding carboxylic acids is 1. The van der Waals surface area contributed by atoms with Gasteiger partial charge >= 0.3 is 5.82 Å². The summed E-state index contributed by atoms with van der Waals surface area (Å²) in [5.41, 5.74) is 0.201. The maximum absolute atomic E-state index is 12.2. The molecule has 1 N–H and O–H groups in total. The molecule has 1 atom stereocenters. The number of nitro groups is 1. The first-order valence-corrected chi connectivity index (χ1v) is 8.05. The molecule has 1 amide bonds. The summed E-state index contributed by atoms with van der Waals surface area (Å²) in [5.74, 6) is -3.26. The summed E-state index contributed by atoms with van der Waals surface area (Å²) in [6.07, 6.45) is 0.133. The van der Waals surface area contributed by atoms with Crippen molar-refractivity contribution in [3.8, 4) is 5.88 Å². The van der Waals surface area contributed by atoms with Crippen LogP contribution < -0.4 is 10.1 Å². The van der Waals surface area contributed by atoms with E-state index in [4.69, 9.17) is 4.74 Å². The topological polar surface area (TPSA) is 112 Å². The first-order chi connectivity index (χ1) is 11.2. The lowest BCUT2D eigenvalue weighted by Gasteiger charge is -2.18. The molecule has 0 radical (unpaired) electrons. The van der Waals surface area contributed by atoms with Crippen LogP contribution in [0.15, 0.2) is 18.3 Å². The zero-order chi connectivity index (χ0) is 17.9. The van der Waals surface area contributed by atoms with Crippen LogP contribution in [0.3, 0.4) is 0 Å². The molecule has 13 heteroatoms. The molecular formula is C11H12F3N5O4S. The Hall–Kier alpha value is -2.57. The van der Waals surface area contributed by atoms with E-state index in [9.17, 15) is 26.6 Å². The Morgan fingerprint density at radius 3 is 2.79 bits per heavy atom. The van der Waals surface area contributed by atoms with E-state index in [0.717, 1.165) is 10.7 Å². The molecule has 0 aliphatic rings. The SMILES string of the molecule is CC[C@H](NC(=O)CS(F)(F)F)Oc1ccc2ncc([N+](=O)[O-])n2n1. The number of nitrogens with one attached hydrogen (secondary N) is 1. The van der Waals surface area contributed by atoms with Gasteiger partial charge in [0, 0.05) is 18.6 Å². The lowest BCUT2D eigenvalue weighted by atomic mass is 10.4. The predicted octanol–water partition coefficient (Wildman–Crippen LogP) is 2.33. The molecule has 0 aromatic carbocycles. The summed E-state index contributed by atoms with van der Waals surface area (Å²) in [6, 6.07) is 2.74. The van der Waals surface area contributed by atoms with Crippen molar-refractivity contribution < 1.29 is 26.1 Å². The molecule has 0 fully saturated rings. The number of imidazole rings is 1. The molecule has 24 heavy (non-hydrogen) atoms. The Morgan fingerprint density at radius 2 is 2.21 bits per heavy atom.